The minimum Gasteiger partial charge on any atom is -0.332 e. The molecule has 0 spiro atoms. The molecule has 2 aliphatic carbocycles. The fraction of sp³-hybridized carbons (Fsp3) is 0.929. The zero-order valence-electron chi connectivity index (χ0n) is 10.2. The van der Waals surface area contributed by atoms with E-state index < -0.39 is 0 Å². The van der Waals surface area contributed by atoms with Crippen molar-refractivity contribution in [2.24, 2.45) is 11.8 Å². The maximum Gasteiger partial charge on any atom is 0.144 e. The zero-order chi connectivity index (χ0) is 11.0. The zero-order valence-corrected chi connectivity index (χ0v) is 10.2. The van der Waals surface area contributed by atoms with Crippen LogP contribution in [0.1, 0.15) is 51.4 Å². The van der Waals surface area contributed by atoms with Gasteiger partial charge in [0, 0.05) is 12.3 Å². The molecule has 0 aromatic carbocycles. The Morgan fingerprint density at radius 1 is 0.875 bits per heavy atom. The van der Waals surface area contributed by atoms with Crippen molar-refractivity contribution in [2.75, 3.05) is 13.1 Å². The number of hydrogen-bond donors (Lipinski definition) is 1. The lowest BCUT2D eigenvalue weighted by Gasteiger charge is -2.43. The molecule has 3 aliphatic rings. The molecular weight excluding hydrogens is 198 g/mol. The maximum atomic E-state index is 12.2. The van der Waals surface area contributed by atoms with Crippen LogP contribution in [-0.2, 0) is 4.79 Å². The highest BCUT2D eigenvalue weighted by Crippen LogP contribution is 2.36. The van der Waals surface area contributed by atoms with E-state index in [2.05, 4.69) is 0 Å². The summed E-state index contributed by atoms with van der Waals surface area (Å²) in [6, 6.07) is 0.698. The van der Waals surface area contributed by atoms with Crippen LogP contribution in [0.3, 0.4) is 0 Å². The number of carbonyl (C=O) groups excluding carboxylic acids is 1. The van der Waals surface area contributed by atoms with Gasteiger partial charge in [-0.1, -0.05) is 6.42 Å². The van der Waals surface area contributed by atoms with Crippen molar-refractivity contribution >= 4 is 5.78 Å². The van der Waals surface area contributed by atoms with Crippen molar-refractivity contribution in [3.05, 3.63) is 0 Å². The summed E-state index contributed by atoms with van der Waals surface area (Å²) in [6.07, 6.45) is 10.4. The second kappa shape index (κ2) is 4.48. The van der Waals surface area contributed by atoms with E-state index in [0.717, 1.165) is 0 Å². The summed E-state index contributed by atoms with van der Waals surface area (Å²) in [4.78, 5) is 14.0. The van der Waals surface area contributed by atoms with Crippen LogP contribution in [0.5, 0.6) is 0 Å². The van der Waals surface area contributed by atoms with Gasteiger partial charge in [-0.05, 0) is 38.5 Å². The second-order valence-electron chi connectivity index (χ2n) is 6.04. The largest absolute Gasteiger partial charge is 0.332 e. The first-order chi connectivity index (χ1) is 7.86. The number of likely N-dealkylation sites (tertiary alicyclic amines) is 1. The van der Waals surface area contributed by atoms with Crippen molar-refractivity contribution in [3.63, 3.8) is 0 Å². The SMILES string of the molecule is O=C1[C@H]2CCC[C@@H]1[C@H]([NH+]1CCCCC1)CC2. The molecule has 0 unspecified atom stereocenters. The first kappa shape index (κ1) is 10.8. The number of carbonyl (C=O) groups is 1. The van der Waals surface area contributed by atoms with Gasteiger partial charge in [0.05, 0.1) is 25.0 Å². The van der Waals surface area contributed by atoms with Crippen molar-refractivity contribution in [1.29, 1.82) is 0 Å². The van der Waals surface area contributed by atoms with Gasteiger partial charge < -0.3 is 4.90 Å². The van der Waals surface area contributed by atoms with E-state index in [1.54, 1.807) is 4.90 Å². The lowest BCUT2D eigenvalue weighted by atomic mass is 9.68. The van der Waals surface area contributed by atoms with Gasteiger partial charge in [-0.3, -0.25) is 4.79 Å². The van der Waals surface area contributed by atoms with Crippen molar-refractivity contribution in [2.45, 2.75) is 57.4 Å². The van der Waals surface area contributed by atoms with Gasteiger partial charge in [0.25, 0.3) is 0 Å². The highest BCUT2D eigenvalue weighted by molar-refractivity contribution is 5.85. The minimum absolute atomic E-state index is 0.445. The maximum absolute atomic E-state index is 12.2. The van der Waals surface area contributed by atoms with Gasteiger partial charge in [-0.2, -0.15) is 0 Å². The minimum atomic E-state index is 0.445. The topological polar surface area (TPSA) is 21.5 Å². The number of quaternary nitrogens is 1. The molecule has 1 N–H and O–H groups in total. The van der Waals surface area contributed by atoms with Crippen molar-refractivity contribution < 1.29 is 9.69 Å². The number of piperidine rings is 1. The molecule has 1 saturated heterocycles. The average molecular weight is 222 g/mol. The Balaban J connectivity index is 1.72. The van der Waals surface area contributed by atoms with E-state index in [-0.39, 0.29) is 0 Å². The summed E-state index contributed by atoms with van der Waals surface area (Å²) in [7, 11) is 0. The van der Waals surface area contributed by atoms with E-state index in [1.165, 1.54) is 64.5 Å². The van der Waals surface area contributed by atoms with Gasteiger partial charge >= 0.3 is 0 Å². The molecule has 16 heavy (non-hydrogen) atoms. The summed E-state index contributed by atoms with van der Waals surface area (Å²) in [6.45, 7) is 2.66. The highest BCUT2D eigenvalue weighted by Gasteiger charge is 2.45. The van der Waals surface area contributed by atoms with Crippen LogP contribution in [0, 0.1) is 11.8 Å². The lowest BCUT2D eigenvalue weighted by molar-refractivity contribution is -0.933. The molecule has 2 saturated carbocycles. The molecule has 90 valence electrons. The number of nitrogens with one attached hydrogen (secondary N) is 1. The molecule has 3 rings (SSSR count). The predicted octanol–water partition coefficient (Wildman–Crippen LogP) is 1.20. The van der Waals surface area contributed by atoms with Crippen LogP contribution in [-0.4, -0.2) is 24.9 Å². The summed E-state index contributed by atoms with van der Waals surface area (Å²) in [5.41, 5.74) is 0. The molecule has 2 nitrogen and oxygen atoms in total. The first-order valence-corrected chi connectivity index (χ1v) is 7.24. The molecule has 2 bridgehead atoms. The molecule has 3 atom stereocenters. The number of fused-ring (bicyclic) bond motifs is 2. The number of ketones is 1. The van der Waals surface area contributed by atoms with Crippen LogP contribution >= 0.6 is 0 Å². The fourth-order valence-electron chi connectivity index (χ4n) is 4.30. The highest BCUT2D eigenvalue weighted by atomic mass is 16.1. The van der Waals surface area contributed by atoms with Crippen LogP contribution < -0.4 is 4.90 Å². The van der Waals surface area contributed by atoms with Gasteiger partial charge in [-0.15, -0.1) is 0 Å². The van der Waals surface area contributed by atoms with Crippen molar-refractivity contribution in [1.82, 2.24) is 0 Å². The quantitative estimate of drug-likeness (QED) is 0.707. The average Bonchev–Trinajstić information content (AvgIpc) is 2.30. The smallest absolute Gasteiger partial charge is 0.144 e. The second-order valence-corrected chi connectivity index (χ2v) is 6.04. The molecule has 2 heteroatoms. The first-order valence-electron chi connectivity index (χ1n) is 7.24. The third kappa shape index (κ3) is 1.81. The normalized spacial score (nSPS) is 41.0. The van der Waals surface area contributed by atoms with Crippen LogP contribution in [0.4, 0.5) is 0 Å². The number of hydrogen-bond acceptors (Lipinski definition) is 1. The molecule has 0 amide bonds. The third-order valence-corrected chi connectivity index (χ3v) is 5.17. The van der Waals surface area contributed by atoms with Gasteiger partial charge in [0.15, 0.2) is 0 Å². The van der Waals surface area contributed by atoms with Crippen LogP contribution in [0.25, 0.3) is 0 Å². The van der Waals surface area contributed by atoms with Gasteiger partial charge in [0.1, 0.15) is 5.78 Å². The Kier molecular flexibility index (Phi) is 3.01. The molecule has 0 radical (unpaired) electrons. The molecule has 3 fully saturated rings. The van der Waals surface area contributed by atoms with E-state index in [1.807, 2.05) is 0 Å². The molecule has 1 heterocycles. The molecule has 0 aromatic heterocycles. The standard InChI is InChI=1S/C14H23NO/c16-14-11-5-4-6-12(14)13(8-7-11)15-9-2-1-3-10-15/h11-13H,1-10H2/p+1/t11-,12+,13+/m0/s1. The van der Waals surface area contributed by atoms with Crippen LogP contribution in [0.15, 0.2) is 0 Å². The molecule has 1 aliphatic heterocycles. The molecule has 0 aromatic rings. The summed E-state index contributed by atoms with van der Waals surface area (Å²) < 4.78 is 0. The van der Waals surface area contributed by atoms with E-state index >= 15 is 0 Å². The number of rotatable bonds is 1. The summed E-state index contributed by atoms with van der Waals surface area (Å²) in [5.74, 6) is 1.54. The van der Waals surface area contributed by atoms with E-state index in [4.69, 9.17) is 0 Å². The Bertz CT molecular complexity index is 270. The van der Waals surface area contributed by atoms with E-state index in [0.29, 0.717) is 23.7 Å². The number of Topliss-reactive ketones (excluding diaryl/α,β-unsaturated/α-hetero) is 1. The lowest BCUT2D eigenvalue weighted by Crippen LogP contribution is -3.17. The third-order valence-electron chi connectivity index (χ3n) is 5.17. The van der Waals surface area contributed by atoms with Gasteiger partial charge in [0.2, 0.25) is 0 Å². The predicted molar refractivity (Wildman–Crippen MR) is 63.4 cm³/mol. The summed E-state index contributed by atoms with van der Waals surface area (Å²) >= 11 is 0. The molecular formula is C14H24NO+. The van der Waals surface area contributed by atoms with Gasteiger partial charge in [-0.25, -0.2) is 0 Å². The monoisotopic (exact) mass is 222 g/mol. The Hall–Kier alpha value is -0.370. The summed E-state index contributed by atoms with van der Waals surface area (Å²) in [5, 5.41) is 0. The fourth-order valence-corrected chi connectivity index (χ4v) is 4.30. The van der Waals surface area contributed by atoms with Crippen LogP contribution in [0.2, 0.25) is 0 Å². The Labute approximate surface area is 98.4 Å². The van der Waals surface area contributed by atoms with Crippen molar-refractivity contribution in [3.8, 4) is 0 Å². The Morgan fingerprint density at radius 2 is 1.69 bits per heavy atom. The Morgan fingerprint density at radius 3 is 2.50 bits per heavy atom. The van der Waals surface area contributed by atoms with E-state index in [9.17, 15) is 4.79 Å².